The SMILES string of the molecule is CC(C)SCCS(=O)C(F)(F)F. The van der Waals surface area contributed by atoms with Gasteiger partial charge in [0.2, 0.25) is 0 Å². The zero-order valence-corrected chi connectivity index (χ0v) is 8.48. The molecule has 1 nitrogen and oxygen atoms in total. The quantitative estimate of drug-likeness (QED) is 0.723. The zero-order chi connectivity index (χ0) is 9.78. The van der Waals surface area contributed by atoms with Gasteiger partial charge in [0.25, 0.3) is 0 Å². The molecule has 0 radical (unpaired) electrons. The van der Waals surface area contributed by atoms with E-state index in [1.807, 2.05) is 13.8 Å². The molecule has 0 aliphatic heterocycles. The minimum Gasteiger partial charge on any atom is -0.250 e. The number of rotatable bonds is 4. The van der Waals surface area contributed by atoms with E-state index in [4.69, 9.17) is 0 Å². The van der Waals surface area contributed by atoms with Gasteiger partial charge in [-0.05, 0) is 5.25 Å². The summed E-state index contributed by atoms with van der Waals surface area (Å²) in [7, 11) is -2.67. The molecule has 74 valence electrons. The van der Waals surface area contributed by atoms with Crippen molar-refractivity contribution in [3.8, 4) is 0 Å². The lowest BCUT2D eigenvalue weighted by Crippen LogP contribution is -2.20. The van der Waals surface area contributed by atoms with E-state index in [9.17, 15) is 17.4 Å². The van der Waals surface area contributed by atoms with Gasteiger partial charge in [0.15, 0.2) is 0 Å². The van der Waals surface area contributed by atoms with Crippen LogP contribution in [0.25, 0.3) is 0 Å². The molecule has 6 heteroatoms. The number of alkyl halides is 3. The van der Waals surface area contributed by atoms with E-state index in [0.717, 1.165) is 0 Å². The second kappa shape index (κ2) is 5.11. The molecule has 0 spiro atoms. The maximum atomic E-state index is 11.7. The van der Waals surface area contributed by atoms with Crippen molar-refractivity contribution in [2.75, 3.05) is 11.5 Å². The molecular formula is C6H11F3OS2. The van der Waals surface area contributed by atoms with Gasteiger partial charge in [-0.15, -0.1) is 0 Å². The van der Waals surface area contributed by atoms with Crippen LogP contribution in [0.1, 0.15) is 13.8 Å². The molecule has 0 aromatic rings. The summed E-state index contributed by atoms with van der Waals surface area (Å²) < 4.78 is 45.4. The van der Waals surface area contributed by atoms with Gasteiger partial charge in [-0.2, -0.15) is 24.9 Å². The van der Waals surface area contributed by atoms with Crippen LogP contribution in [0.15, 0.2) is 0 Å². The summed E-state index contributed by atoms with van der Waals surface area (Å²) in [6.07, 6.45) is 0. The molecule has 0 heterocycles. The highest BCUT2D eigenvalue weighted by Gasteiger charge is 2.35. The molecular weight excluding hydrogens is 209 g/mol. The molecule has 0 saturated heterocycles. The van der Waals surface area contributed by atoms with Crippen LogP contribution in [-0.4, -0.2) is 26.5 Å². The van der Waals surface area contributed by atoms with Crippen molar-refractivity contribution in [3.63, 3.8) is 0 Å². The van der Waals surface area contributed by atoms with E-state index in [0.29, 0.717) is 5.75 Å². The Labute approximate surface area is 76.6 Å². The van der Waals surface area contributed by atoms with E-state index >= 15 is 0 Å². The van der Waals surface area contributed by atoms with E-state index < -0.39 is 16.3 Å². The van der Waals surface area contributed by atoms with Crippen LogP contribution < -0.4 is 0 Å². The second-order valence-electron chi connectivity index (χ2n) is 2.41. The molecule has 1 unspecified atom stereocenters. The summed E-state index contributed by atoms with van der Waals surface area (Å²) in [4.78, 5) is 0. The van der Waals surface area contributed by atoms with Crippen LogP contribution in [0.4, 0.5) is 13.2 Å². The lowest BCUT2D eigenvalue weighted by Gasteiger charge is -2.06. The molecule has 0 aliphatic rings. The van der Waals surface area contributed by atoms with Crippen molar-refractivity contribution in [1.82, 2.24) is 0 Å². The molecule has 0 saturated carbocycles. The Balaban J connectivity index is 3.59. The first-order valence-electron chi connectivity index (χ1n) is 3.41. The molecule has 0 rings (SSSR count). The standard InChI is InChI=1S/C6H11F3OS2/c1-5(2)11-3-4-12(10)6(7,8)9/h5H,3-4H2,1-2H3. The third-order valence-corrected chi connectivity index (χ3v) is 3.43. The fourth-order valence-electron chi connectivity index (χ4n) is 0.475. The normalized spacial score (nSPS) is 15.2. The average molecular weight is 220 g/mol. The fourth-order valence-corrected chi connectivity index (χ4v) is 2.17. The molecule has 0 N–H and O–H groups in total. The van der Waals surface area contributed by atoms with Crippen molar-refractivity contribution in [3.05, 3.63) is 0 Å². The van der Waals surface area contributed by atoms with Gasteiger partial charge < -0.3 is 0 Å². The minimum absolute atomic E-state index is 0.287. The highest BCUT2D eigenvalue weighted by atomic mass is 32.2. The van der Waals surface area contributed by atoms with Gasteiger partial charge in [0.05, 0.1) is 0 Å². The van der Waals surface area contributed by atoms with Gasteiger partial charge in [-0.3, -0.25) is 4.21 Å². The monoisotopic (exact) mass is 220 g/mol. The van der Waals surface area contributed by atoms with Gasteiger partial charge in [-0.1, -0.05) is 13.8 Å². The lowest BCUT2D eigenvalue weighted by atomic mass is 10.6. The van der Waals surface area contributed by atoms with Gasteiger partial charge >= 0.3 is 5.51 Å². The Morgan fingerprint density at radius 3 is 2.25 bits per heavy atom. The highest BCUT2D eigenvalue weighted by molar-refractivity contribution is 8.00. The lowest BCUT2D eigenvalue weighted by molar-refractivity contribution is -0.0383. The Morgan fingerprint density at radius 2 is 1.92 bits per heavy atom. The first-order valence-corrected chi connectivity index (χ1v) is 5.77. The second-order valence-corrected chi connectivity index (χ2v) is 5.66. The van der Waals surface area contributed by atoms with Crippen LogP contribution in [-0.2, 0) is 10.8 Å². The van der Waals surface area contributed by atoms with Crippen LogP contribution in [0.5, 0.6) is 0 Å². The van der Waals surface area contributed by atoms with Crippen molar-refractivity contribution in [2.24, 2.45) is 0 Å². The Morgan fingerprint density at radius 1 is 1.42 bits per heavy atom. The molecule has 12 heavy (non-hydrogen) atoms. The largest absolute Gasteiger partial charge is 0.471 e. The molecule has 0 fully saturated rings. The smallest absolute Gasteiger partial charge is 0.250 e. The maximum Gasteiger partial charge on any atom is 0.471 e. The molecule has 0 aromatic carbocycles. The number of thioether (sulfide) groups is 1. The summed E-state index contributed by atoms with van der Waals surface area (Å²) in [5.41, 5.74) is -4.54. The predicted molar refractivity (Wildman–Crippen MR) is 46.7 cm³/mol. The Kier molecular flexibility index (Phi) is 5.24. The number of hydrogen-bond acceptors (Lipinski definition) is 2. The van der Waals surface area contributed by atoms with Crippen molar-refractivity contribution in [1.29, 1.82) is 0 Å². The van der Waals surface area contributed by atoms with Crippen LogP contribution in [0.2, 0.25) is 0 Å². The molecule has 0 amide bonds. The third kappa shape index (κ3) is 5.88. The topological polar surface area (TPSA) is 17.1 Å². The first-order chi connectivity index (χ1) is 5.34. The van der Waals surface area contributed by atoms with Gasteiger partial charge in [0.1, 0.15) is 10.8 Å². The fraction of sp³-hybridized carbons (Fsp3) is 1.00. The maximum absolute atomic E-state index is 11.7. The minimum atomic E-state index is -4.54. The number of halogens is 3. The molecule has 0 aromatic heterocycles. The van der Waals surface area contributed by atoms with Crippen molar-refractivity contribution in [2.45, 2.75) is 24.6 Å². The van der Waals surface area contributed by atoms with Gasteiger partial charge in [-0.25, -0.2) is 0 Å². The van der Waals surface area contributed by atoms with E-state index in [-0.39, 0.29) is 11.0 Å². The highest BCUT2D eigenvalue weighted by Crippen LogP contribution is 2.21. The van der Waals surface area contributed by atoms with Crippen molar-refractivity contribution >= 4 is 22.6 Å². The molecule has 0 bridgehead atoms. The zero-order valence-electron chi connectivity index (χ0n) is 6.85. The molecule has 1 atom stereocenters. The first kappa shape index (κ1) is 12.3. The Hall–Kier alpha value is 0.290. The molecule has 0 aliphatic carbocycles. The van der Waals surface area contributed by atoms with E-state index in [2.05, 4.69) is 0 Å². The summed E-state index contributed by atoms with van der Waals surface area (Å²) in [6.45, 7) is 3.78. The van der Waals surface area contributed by atoms with E-state index in [1.54, 1.807) is 0 Å². The number of hydrogen-bond donors (Lipinski definition) is 0. The third-order valence-electron chi connectivity index (χ3n) is 0.978. The summed E-state index contributed by atoms with van der Waals surface area (Å²) >= 11 is 1.38. The predicted octanol–water partition coefficient (Wildman–Crippen LogP) is 2.40. The van der Waals surface area contributed by atoms with Crippen molar-refractivity contribution < 1.29 is 17.4 Å². The average Bonchev–Trinajstić information content (AvgIpc) is 1.84. The summed E-state index contributed by atoms with van der Waals surface area (Å²) in [5.74, 6) is -0.00383. The van der Waals surface area contributed by atoms with E-state index in [1.165, 1.54) is 11.8 Å². The van der Waals surface area contributed by atoms with Crippen LogP contribution in [0.3, 0.4) is 0 Å². The van der Waals surface area contributed by atoms with Crippen LogP contribution in [0, 0.1) is 0 Å². The van der Waals surface area contributed by atoms with Gasteiger partial charge in [0, 0.05) is 11.5 Å². The Bertz CT molecular complexity index is 155. The summed E-state index contributed by atoms with van der Waals surface area (Å²) in [6, 6.07) is 0. The summed E-state index contributed by atoms with van der Waals surface area (Å²) in [5, 5.41) is 0.287. The van der Waals surface area contributed by atoms with Crippen LogP contribution >= 0.6 is 11.8 Å².